The predicted octanol–water partition coefficient (Wildman–Crippen LogP) is 2.50. The predicted molar refractivity (Wildman–Crippen MR) is 82.8 cm³/mol. The number of likely N-dealkylation sites (tertiary alicyclic amines) is 1. The highest BCUT2D eigenvalue weighted by molar-refractivity contribution is 7.09. The van der Waals surface area contributed by atoms with E-state index < -0.39 is 0 Å². The first-order valence-corrected chi connectivity index (χ1v) is 8.42. The number of aromatic nitrogens is 1. The molecule has 2 rings (SSSR count). The van der Waals surface area contributed by atoms with Crippen LogP contribution in [0.4, 0.5) is 0 Å². The molecule has 0 saturated carbocycles. The van der Waals surface area contributed by atoms with Gasteiger partial charge in [0.1, 0.15) is 0 Å². The van der Waals surface area contributed by atoms with Gasteiger partial charge in [0, 0.05) is 30.4 Å². The average molecular weight is 295 g/mol. The number of amides is 1. The second-order valence-corrected chi connectivity index (χ2v) is 6.78. The van der Waals surface area contributed by atoms with Crippen molar-refractivity contribution >= 4 is 17.2 Å². The van der Waals surface area contributed by atoms with E-state index in [4.69, 9.17) is 5.73 Å². The molecule has 20 heavy (non-hydrogen) atoms. The second kappa shape index (κ2) is 7.18. The van der Waals surface area contributed by atoms with Gasteiger partial charge in [-0.15, -0.1) is 11.3 Å². The van der Waals surface area contributed by atoms with E-state index in [9.17, 15) is 4.79 Å². The first kappa shape index (κ1) is 15.4. The van der Waals surface area contributed by atoms with Crippen LogP contribution >= 0.6 is 11.3 Å². The molecule has 1 fully saturated rings. The maximum absolute atomic E-state index is 12.4. The van der Waals surface area contributed by atoms with Crippen molar-refractivity contribution in [3.63, 3.8) is 0 Å². The van der Waals surface area contributed by atoms with Gasteiger partial charge in [0.15, 0.2) is 0 Å². The van der Waals surface area contributed by atoms with Crippen LogP contribution in [0, 0.1) is 6.92 Å². The summed E-state index contributed by atoms with van der Waals surface area (Å²) in [5.74, 6) is 0.263. The highest BCUT2D eigenvalue weighted by Gasteiger charge is 2.28. The molecule has 1 aromatic heterocycles. The highest BCUT2D eigenvalue weighted by atomic mass is 32.1. The molecule has 1 aliphatic heterocycles. The van der Waals surface area contributed by atoms with Crippen LogP contribution in [0.1, 0.15) is 49.7 Å². The van der Waals surface area contributed by atoms with Gasteiger partial charge in [0.2, 0.25) is 5.91 Å². The molecule has 0 bridgehead atoms. The van der Waals surface area contributed by atoms with E-state index in [0.29, 0.717) is 6.42 Å². The van der Waals surface area contributed by atoms with E-state index in [1.165, 1.54) is 6.42 Å². The Balaban J connectivity index is 1.81. The van der Waals surface area contributed by atoms with E-state index in [-0.39, 0.29) is 18.0 Å². The number of rotatable bonds is 5. The Hall–Kier alpha value is -0.940. The van der Waals surface area contributed by atoms with Crippen molar-refractivity contribution in [1.82, 2.24) is 9.88 Å². The summed E-state index contributed by atoms with van der Waals surface area (Å²) in [6.45, 7) is 4.90. The molecular weight excluding hydrogens is 270 g/mol. The monoisotopic (exact) mass is 295 g/mol. The van der Waals surface area contributed by atoms with Crippen molar-refractivity contribution in [3.05, 3.63) is 16.1 Å². The molecule has 4 nitrogen and oxygen atoms in total. The Labute approximate surface area is 125 Å². The molecule has 1 amide bonds. The number of nitrogens with zero attached hydrogens (tertiary/aromatic N) is 2. The largest absolute Gasteiger partial charge is 0.338 e. The number of thiazole rings is 1. The van der Waals surface area contributed by atoms with E-state index in [0.717, 1.165) is 42.9 Å². The molecule has 5 heteroatoms. The van der Waals surface area contributed by atoms with Gasteiger partial charge in [-0.1, -0.05) is 0 Å². The minimum Gasteiger partial charge on any atom is -0.338 e. The number of aryl methyl sites for hydroxylation is 2. The van der Waals surface area contributed by atoms with Crippen molar-refractivity contribution in [2.24, 2.45) is 5.73 Å². The third-order valence-corrected chi connectivity index (χ3v) is 4.79. The zero-order valence-corrected chi connectivity index (χ0v) is 13.3. The van der Waals surface area contributed by atoms with E-state index >= 15 is 0 Å². The minimum absolute atomic E-state index is 0.0699. The molecule has 1 aliphatic rings. The van der Waals surface area contributed by atoms with Gasteiger partial charge in [-0.2, -0.15) is 0 Å². The lowest BCUT2D eigenvalue weighted by Crippen LogP contribution is -2.51. The van der Waals surface area contributed by atoms with Crippen LogP contribution in [-0.2, 0) is 11.2 Å². The molecule has 0 spiro atoms. The number of nitrogens with two attached hydrogens (primary N) is 1. The molecule has 0 radical (unpaired) electrons. The van der Waals surface area contributed by atoms with Crippen LogP contribution in [0.25, 0.3) is 0 Å². The maximum atomic E-state index is 12.4. The van der Waals surface area contributed by atoms with Crippen molar-refractivity contribution in [2.45, 2.75) is 64.5 Å². The number of carbonyl (C=O) groups excluding carboxylic acids is 1. The Morgan fingerprint density at radius 2 is 2.40 bits per heavy atom. The molecule has 2 unspecified atom stereocenters. The van der Waals surface area contributed by atoms with Gasteiger partial charge >= 0.3 is 0 Å². The van der Waals surface area contributed by atoms with E-state index in [1.807, 2.05) is 18.7 Å². The number of piperidine rings is 1. The highest BCUT2D eigenvalue weighted by Crippen LogP contribution is 2.20. The average Bonchev–Trinajstić information content (AvgIpc) is 2.84. The van der Waals surface area contributed by atoms with Crippen molar-refractivity contribution in [3.8, 4) is 0 Å². The van der Waals surface area contributed by atoms with E-state index in [1.54, 1.807) is 11.3 Å². The van der Waals surface area contributed by atoms with Crippen LogP contribution in [0.15, 0.2) is 5.38 Å². The quantitative estimate of drug-likeness (QED) is 0.908. The van der Waals surface area contributed by atoms with Gasteiger partial charge in [0.25, 0.3) is 0 Å². The normalized spacial score (nSPS) is 20.9. The van der Waals surface area contributed by atoms with Crippen LogP contribution in [-0.4, -0.2) is 34.4 Å². The summed E-state index contributed by atoms with van der Waals surface area (Å²) >= 11 is 1.67. The molecule has 0 aromatic carbocycles. The summed E-state index contributed by atoms with van der Waals surface area (Å²) in [7, 11) is 0. The SMILES string of the molecule is Cc1nc(CCCC(=O)N2CCCCC2C(C)N)cs1. The molecule has 2 heterocycles. The zero-order valence-electron chi connectivity index (χ0n) is 12.5. The standard InChI is InChI=1S/C15H25N3OS/c1-11(16)14-7-3-4-9-18(14)15(19)8-5-6-13-10-20-12(2)17-13/h10-11,14H,3-9,16H2,1-2H3. The van der Waals surface area contributed by atoms with Gasteiger partial charge in [-0.3, -0.25) is 4.79 Å². The lowest BCUT2D eigenvalue weighted by molar-refractivity contribution is -0.135. The Bertz CT molecular complexity index is 444. The van der Waals surface area contributed by atoms with Gasteiger partial charge in [-0.25, -0.2) is 4.98 Å². The number of hydrogen-bond donors (Lipinski definition) is 1. The summed E-state index contributed by atoms with van der Waals surface area (Å²) in [4.78, 5) is 18.8. The first-order valence-electron chi connectivity index (χ1n) is 7.54. The molecule has 2 atom stereocenters. The minimum atomic E-state index is 0.0699. The lowest BCUT2D eigenvalue weighted by atomic mass is 9.96. The van der Waals surface area contributed by atoms with Gasteiger partial charge in [0.05, 0.1) is 10.7 Å². The lowest BCUT2D eigenvalue weighted by Gasteiger charge is -2.38. The molecule has 2 N–H and O–H groups in total. The Kier molecular flexibility index (Phi) is 5.54. The number of hydrogen-bond acceptors (Lipinski definition) is 4. The summed E-state index contributed by atoms with van der Waals surface area (Å²) in [6.07, 6.45) is 5.74. The summed E-state index contributed by atoms with van der Waals surface area (Å²) in [5, 5.41) is 3.19. The van der Waals surface area contributed by atoms with Crippen molar-refractivity contribution in [1.29, 1.82) is 0 Å². The van der Waals surface area contributed by atoms with Crippen LogP contribution in [0.2, 0.25) is 0 Å². The molecule has 0 aliphatic carbocycles. The van der Waals surface area contributed by atoms with Gasteiger partial charge in [-0.05, 0) is 46.0 Å². The molecular formula is C15H25N3OS. The fraction of sp³-hybridized carbons (Fsp3) is 0.733. The van der Waals surface area contributed by atoms with E-state index in [2.05, 4.69) is 10.4 Å². The van der Waals surface area contributed by atoms with Crippen molar-refractivity contribution < 1.29 is 4.79 Å². The molecule has 112 valence electrons. The Morgan fingerprint density at radius 1 is 1.60 bits per heavy atom. The smallest absolute Gasteiger partial charge is 0.222 e. The summed E-state index contributed by atoms with van der Waals surface area (Å²) in [5.41, 5.74) is 7.13. The number of carbonyl (C=O) groups is 1. The molecule has 1 aromatic rings. The van der Waals surface area contributed by atoms with Crippen LogP contribution in [0.3, 0.4) is 0 Å². The maximum Gasteiger partial charge on any atom is 0.222 e. The Morgan fingerprint density at radius 3 is 3.05 bits per heavy atom. The zero-order chi connectivity index (χ0) is 14.5. The van der Waals surface area contributed by atoms with Crippen LogP contribution < -0.4 is 5.73 Å². The third kappa shape index (κ3) is 4.03. The fourth-order valence-corrected chi connectivity index (χ4v) is 3.55. The molecule has 1 saturated heterocycles. The topological polar surface area (TPSA) is 59.2 Å². The first-order chi connectivity index (χ1) is 9.58. The fourth-order valence-electron chi connectivity index (χ4n) is 2.90. The van der Waals surface area contributed by atoms with Gasteiger partial charge < -0.3 is 10.6 Å². The summed E-state index contributed by atoms with van der Waals surface area (Å²) < 4.78 is 0. The summed E-state index contributed by atoms with van der Waals surface area (Å²) in [6, 6.07) is 0.304. The van der Waals surface area contributed by atoms with Crippen molar-refractivity contribution in [2.75, 3.05) is 6.54 Å². The second-order valence-electron chi connectivity index (χ2n) is 5.72. The van der Waals surface area contributed by atoms with Crippen LogP contribution in [0.5, 0.6) is 0 Å². The third-order valence-electron chi connectivity index (χ3n) is 3.97.